The Labute approximate surface area is 153 Å². The zero-order valence-electron chi connectivity index (χ0n) is 15.0. The number of hydrogen-bond donors (Lipinski definition) is 0. The van der Waals surface area contributed by atoms with E-state index in [9.17, 15) is 10.1 Å². The number of aryl methyl sites for hydroxylation is 2. The average molecular weight is 354 g/mol. The van der Waals surface area contributed by atoms with Gasteiger partial charge in [-0.1, -0.05) is 42.1 Å². The van der Waals surface area contributed by atoms with Gasteiger partial charge in [-0.25, -0.2) is 9.97 Å². The van der Waals surface area contributed by atoms with Gasteiger partial charge in [0.25, 0.3) is 0 Å². The zero-order valence-corrected chi connectivity index (χ0v) is 15.8. The van der Waals surface area contributed by atoms with Crippen LogP contribution in [0.25, 0.3) is 0 Å². The highest BCUT2D eigenvalue weighted by Gasteiger charge is 2.23. The van der Waals surface area contributed by atoms with E-state index in [-0.39, 0.29) is 11.2 Å². The SMILES string of the molecule is CCN(Cc1ccccc1)C(=O)C(C)Sc1nc(C)nc(C)c1C#N. The largest absolute Gasteiger partial charge is 0.338 e. The minimum absolute atomic E-state index is 0.0363. The normalized spacial score (nSPS) is 11.6. The van der Waals surface area contributed by atoms with E-state index in [1.54, 1.807) is 13.8 Å². The molecule has 6 heteroatoms. The van der Waals surface area contributed by atoms with Gasteiger partial charge in [-0.2, -0.15) is 5.26 Å². The Balaban J connectivity index is 2.15. The van der Waals surface area contributed by atoms with Crippen molar-refractivity contribution in [2.45, 2.75) is 44.5 Å². The molecular formula is C19H22N4OS. The van der Waals surface area contributed by atoms with Crippen molar-refractivity contribution in [2.75, 3.05) is 6.54 Å². The van der Waals surface area contributed by atoms with Gasteiger partial charge in [0, 0.05) is 13.1 Å². The van der Waals surface area contributed by atoms with Crippen LogP contribution in [-0.4, -0.2) is 32.6 Å². The van der Waals surface area contributed by atoms with E-state index in [2.05, 4.69) is 16.0 Å². The van der Waals surface area contributed by atoms with Crippen LogP contribution in [0.15, 0.2) is 35.4 Å². The minimum atomic E-state index is -0.329. The van der Waals surface area contributed by atoms with E-state index in [1.807, 2.05) is 49.1 Å². The van der Waals surface area contributed by atoms with E-state index in [0.29, 0.717) is 35.2 Å². The molecule has 2 rings (SSSR count). The maximum atomic E-state index is 12.8. The van der Waals surface area contributed by atoms with Gasteiger partial charge < -0.3 is 4.90 Å². The van der Waals surface area contributed by atoms with Gasteiger partial charge in [-0.15, -0.1) is 0 Å². The van der Waals surface area contributed by atoms with Crippen LogP contribution in [0.4, 0.5) is 0 Å². The Hall–Kier alpha value is -2.39. The van der Waals surface area contributed by atoms with Crippen LogP contribution in [0, 0.1) is 25.2 Å². The molecule has 0 bridgehead atoms. The van der Waals surface area contributed by atoms with E-state index >= 15 is 0 Å². The monoisotopic (exact) mass is 354 g/mol. The Kier molecular flexibility index (Phi) is 6.54. The number of thioether (sulfide) groups is 1. The van der Waals surface area contributed by atoms with Crippen molar-refractivity contribution in [2.24, 2.45) is 0 Å². The maximum absolute atomic E-state index is 12.8. The predicted molar refractivity (Wildman–Crippen MR) is 99.1 cm³/mol. The lowest BCUT2D eigenvalue weighted by Gasteiger charge is -2.24. The first-order valence-electron chi connectivity index (χ1n) is 8.21. The lowest BCUT2D eigenvalue weighted by molar-refractivity contribution is -0.130. The second-order valence-electron chi connectivity index (χ2n) is 5.75. The number of hydrogen-bond acceptors (Lipinski definition) is 5. The smallest absolute Gasteiger partial charge is 0.236 e. The molecule has 0 radical (unpaired) electrons. The molecule has 130 valence electrons. The number of aromatic nitrogens is 2. The van der Waals surface area contributed by atoms with Crippen molar-refractivity contribution in [1.29, 1.82) is 5.26 Å². The lowest BCUT2D eigenvalue weighted by Crippen LogP contribution is -2.36. The first-order chi connectivity index (χ1) is 12.0. The molecule has 0 aliphatic carbocycles. The molecular weight excluding hydrogens is 332 g/mol. The summed E-state index contributed by atoms with van der Waals surface area (Å²) in [6.45, 7) is 8.61. The number of rotatable bonds is 6. The van der Waals surface area contributed by atoms with Gasteiger partial charge in [0.15, 0.2) is 0 Å². The number of amides is 1. The van der Waals surface area contributed by atoms with Crippen LogP contribution in [-0.2, 0) is 11.3 Å². The van der Waals surface area contributed by atoms with Crippen LogP contribution < -0.4 is 0 Å². The molecule has 0 N–H and O–H groups in total. The number of nitriles is 1. The maximum Gasteiger partial charge on any atom is 0.236 e. The van der Waals surface area contributed by atoms with Gasteiger partial charge in [0.2, 0.25) is 5.91 Å². The van der Waals surface area contributed by atoms with Crippen molar-refractivity contribution in [3.8, 4) is 6.07 Å². The quantitative estimate of drug-likeness (QED) is 0.586. The third kappa shape index (κ3) is 4.80. The molecule has 1 aromatic carbocycles. The van der Waals surface area contributed by atoms with E-state index in [1.165, 1.54) is 11.8 Å². The topological polar surface area (TPSA) is 69.9 Å². The average Bonchev–Trinajstić information content (AvgIpc) is 2.59. The van der Waals surface area contributed by atoms with Crippen molar-refractivity contribution >= 4 is 17.7 Å². The number of carbonyl (C=O) groups excluding carboxylic acids is 1. The summed E-state index contributed by atoms with van der Waals surface area (Å²) in [5.41, 5.74) is 2.19. The summed E-state index contributed by atoms with van der Waals surface area (Å²) in [6, 6.07) is 12.1. The Bertz CT molecular complexity index is 786. The first-order valence-corrected chi connectivity index (χ1v) is 9.09. The van der Waals surface area contributed by atoms with E-state index in [0.717, 1.165) is 5.56 Å². The standard InChI is InChI=1S/C19H22N4OS/c1-5-23(12-16-9-7-6-8-10-16)19(24)14(3)25-18-17(11-20)13(2)21-15(4)22-18/h6-10,14H,5,12H2,1-4H3. The molecule has 5 nitrogen and oxygen atoms in total. The second kappa shape index (κ2) is 8.63. The summed E-state index contributed by atoms with van der Waals surface area (Å²) in [5, 5.41) is 9.60. The van der Waals surface area contributed by atoms with Crippen LogP contribution in [0.5, 0.6) is 0 Å². The highest BCUT2D eigenvalue weighted by atomic mass is 32.2. The summed E-state index contributed by atoms with van der Waals surface area (Å²) >= 11 is 1.32. The Morgan fingerprint density at radius 2 is 1.96 bits per heavy atom. The summed E-state index contributed by atoms with van der Waals surface area (Å²) in [7, 11) is 0. The van der Waals surface area contributed by atoms with Crippen LogP contribution in [0.2, 0.25) is 0 Å². The van der Waals surface area contributed by atoms with Gasteiger partial charge in [-0.05, 0) is 33.3 Å². The number of carbonyl (C=O) groups is 1. The van der Waals surface area contributed by atoms with Crippen LogP contribution in [0.1, 0.15) is 36.5 Å². The molecule has 0 saturated carbocycles. The molecule has 0 saturated heterocycles. The first kappa shape index (κ1) is 18.9. The molecule has 2 aromatic rings. The second-order valence-corrected chi connectivity index (χ2v) is 7.08. The zero-order chi connectivity index (χ0) is 18.4. The summed E-state index contributed by atoms with van der Waals surface area (Å²) in [6.07, 6.45) is 0. The Morgan fingerprint density at radius 3 is 2.56 bits per heavy atom. The molecule has 0 fully saturated rings. The molecule has 1 unspecified atom stereocenters. The fourth-order valence-corrected chi connectivity index (χ4v) is 3.60. The molecule has 0 aliphatic heterocycles. The highest BCUT2D eigenvalue weighted by Crippen LogP contribution is 2.27. The molecule has 1 aromatic heterocycles. The van der Waals surface area contributed by atoms with E-state index in [4.69, 9.17) is 0 Å². The molecule has 1 heterocycles. The number of nitrogens with zero attached hydrogens (tertiary/aromatic N) is 4. The lowest BCUT2D eigenvalue weighted by atomic mass is 10.2. The van der Waals surface area contributed by atoms with Crippen molar-refractivity contribution < 1.29 is 4.79 Å². The summed E-state index contributed by atoms with van der Waals surface area (Å²) in [5.74, 6) is 0.643. The molecule has 0 aliphatic rings. The van der Waals surface area contributed by atoms with Crippen molar-refractivity contribution in [3.05, 3.63) is 53.0 Å². The fraction of sp³-hybridized carbons (Fsp3) is 0.368. The third-order valence-electron chi connectivity index (χ3n) is 3.83. The number of benzene rings is 1. The summed E-state index contributed by atoms with van der Waals surface area (Å²) < 4.78 is 0. The molecule has 0 spiro atoms. The summed E-state index contributed by atoms with van der Waals surface area (Å²) in [4.78, 5) is 23.2. The van der Waals surface area contributed by atoms with E-state index < -0.39 is 0 Å². The van der Waals surface area contributed by atoms with Gasteiger partial charge in [0.05, 0.1) is 10.9 Å². The molecule has 1 atom stereocenters. The van der Waals surface area contributed by atoms with Crippen LogP contribution >= 0.6 is 11.8 Å². The fourth-order valence-electron chi connectivity index (χ4n) is 2.52. The van der Waals surface area contributed by atoms with Gasteiger partial charge in [-0.3, -0.25) is 4.79 Å². The van der Waals surface area contributed by atoms with Gasteiger partial charge >= 0.3 is 0 Å². The molecule has 1 amide bonds. The van der Waals surface area contributed by atoms with Crippen molar-refractivity contribution in [3.63, 3.8) is 0 Å². The third-order valence-corrected chi connectivity index (χ3v) is 4.90. The Morgan fingerprint density at radius 1 is 1.28 bits per heavy atom. The molecule has 25 heavy (non-hydrogen) atoms. The van der Waals surface area contributed by atoms with Crippen molar-refractivity contribution in [1.82, 2.24) is 14.9 Å². The minimum Gasteiger partial charge on any atom is -0.338 e. The highest BCUT2D eigenvalue weighted by molar-refractivity contribution is 8.00. The van der Waals surface area contributed by atoms with Gasteiger partial charge in [0.1, 0.15) is 22.5 Å². The van der Waals surface area contributed by atoms with Crippen LogP contribution in [0.3, 0.4) is 0 Å². The predicted octanol–water partition coefficient (Wildman–Crippen LogP) is 3.49.